The number of aliphatic hydroxyl groups excluding tert-OH is 1. The zero-order chi connectivity index (χ0) is 10.4. The van der Waals surface area contributed by atoms with Crippen LogP contribution in [0.4, 0.5) is 0 Å². The van der Waals surface area contributed by atoms with E-state index in [0.717, 1.165) is 18.9 Å². The van der Waals surface area contributed by atoms with Gasteiger partial charge in [0.2, 0.25) is 0 Å². The molecule has 14 heavy (non-hydrogen) atoms. The lowest BCUT2D eigenvalue weighted by Gasteiger charge is -2.27. The van der Waals surface area contributed by atoms with Crippen LogP contribution in [0.5, 0.6) is 0 Å². The van der Waals surface area contributed by atoms with Gasteiger partial charge >= 0.3 is 0 Å². The van der Waals surface area contributed by atoms with Crippen molar-refractivity contribution in [2.45, 2.75) is 64.5 Å². The molecule has 1 rings (SSSR count). The van der Waals surface area contributed by atoms with E-state index in [1.165, 1.54) is 38.8 Å². The van der Waals surface area contributed by atoms with Gasteiger partial charge in [-0.05, 0) is 45.7 Å². The van der Waals surface area contributed by atoms with E-state index in [9.17, 15) is 5.11 Å². The van der Waals surface area contributed by atoms with Crippen LogP contribution in [0.3, 0.4) is 0 Å². The lowest BCUT2D eigenvalue weighted by atomic mass is 10.1. The van der Waals surface area contributed by atoms with Crippen LogP contribution in [0, 0.1) is 0 Å². The summed E-state index contributed by atoms with van der Waals surface area (Å²) in [6, 6.07) is 0.842. The number of hydrogen-bond acceptors (Lipinski definition) is 2. The molecule has 0 spiro atoms. The van der Waals surface area contributed by atoms with E-state index >= 15 is 0 Å². The summed E-state index contributed by atoms with van der Waals surface area (Å²) in [6.07, 6.45) is 7.57. The van der Waals surface area contributed by atoms with Crippen molar-refractivity contribution in [3.63, 3.8) is 0 Å². The Morgan fingerprint density at radius 1 is 1.36 bits per heavy atom. The molecule has 0 heterocycles. The Kier molecular flexibility index (Phi) is 5.49. The standard InChI is InChI=1S/C12H25NO/c1-3-13(10-6-7-11(2)14)12-8-4-5-9-12/h11-12,14H,3-10H2,1-2H3. The Balaban J connectivity index is 2.17. The van der Waals surface area contributed by atoms with Crippen LogP contribution in [0.15, 0.2) is 0 Å². The molecule has 0 aromatic rings. The highest BCUT2D eigenvalue weighted by Crippen LogP contribution is 2.23. The van der Waals surface area contributed by atoms with Crippen LogP contribution in [0.25, 0.3) is 0 Å². The average molecular weight is 199 g/mol. The SMILES string of the molecule is CCN(CCCC(C)O)C1CCCC1. The molecule has 0 bridgehead atoms. The van der Waals surface area contributed by atoms with E-state index in [1.54, 1.807) is 0 Å². The van der Waals surface area contributed by atoms with Gasteiger partial charge in [-0.15, -0.1) is 0 Å². The molecule has 1 unspecified atom stereocenters. The molecule has 2 nitrogen and oxygen atoms in total. The molecule has 1 fully saturated rings. The lowest BCUT2D eigenvalue weighted by Crippen LogP contribution is -2.34. The van der Waals surface area contributed by atoms with Crippen molar-refractivity contribution in [2.75, 3.05) is 13.1 Å². The normalized spacial score (nSPS) is 20.6. The summed E-state index contributed by atoms with van der Waals surface area (Å²) in [5.74, 6) is 0. The highest BCUT2D eigenvalue weighted by atomic mass is 16.3. The first kappa shape index (κ1) is 12.0. The summed E-state index contributed by atoms with van der Waals surface area (Å²) in [6.45, 7) is 6.48. The van der Waals surface area contributed by atoms with Gasteiger partial charge in [0, 0.05) is 6.04 Å². The van der Waals surface area contributed by atoms with Gasteiger partial charge in [-0.1, -0.05) is 19.8 Å². The van der Waals surface area contributed by atoms with Crippen LogP contribution in [-0.2, 0) is 0 Å². The van der Waals surface area contributed by atoms with Gasteiger partial charge in [0.25, 0.3) is 0 Å². The quantitative estimate of drug-likeness (QED) is 0.710. The lowest BCUT2D eigenvalue weighted by molar-refractivity contribution is 0.158. The maximum atomic E-state index is 9.18. The highest BCUT2D eigenvalue weighted by Gasteiger charge is 2.20. The van der Waals surface area contributed by atoms with Crippen LogP contribution >= 0.6 is 0 Å². The van der Waals surface area contributed by atoms with Crippen molar-refractivity contribution >= 4 is 0 Å². The van der Waals surface area contributed by atoms with E-state index < -0.39 is 0 Å². The smallest absolute Gasteiger partial charge is 0.0512 e. The molecule has 1 atom stereocenters. The second-order valence-electron chi connectivity index (χ2n) is 4.56. The van der Waals surface area contributed by atoms with Gasteiger partial charge in [-0.25, -0.2) is 0 Å². The molecule has 0 amide bonds. The molecule has 2 heteroatoms. The van der Waals surface area contributed by atoms with Crippen LogP contribution in [-0.4, -0.2) is 35.2 Å². The van der Waals surface area contributed by atoms with Crippen molar-refractivity contribution in [1.29, 1.82) is 0 Å². The number of rotatable bonds is 6. The zero-order valence-corrected chi connectivity index (χ0v) is 9.71. The summed E-state index contributed by atoms with van der Waals surface area (Å²) in [4.78, 5) is 2.59. The van der Waals surface area contributed by atoms with E-state index in [1.807, 2.05) is 6.92 Å². The Morgan fingerprint density at radius 2 is 2.00 bits per heavy atom. The molecule has 1 saturated carbocycles. The molecular weight excluding hydrogens is 174 g/mol. The first-order chi connectivity index (χ1) is 6.74. The summed E-state index contributed by atoms with van der Waals surface area (Å²) in [5.41, 5.74) is 0. The fourth-order valence-electron chi connectivity index (χ4n) is 2.46. The number of nitrogens with zero attached hydrogens (tertiary/aromatic N) is 1. The Bertz CT molecular complexity index is 141. The fraction of sp³-hybridized carbons (Fsp3) is 1.00. The molecule has 0 saturated heterocycles. The van der Waals surface area contributed by atoms with Crippen LogP contribution in [0.1, 0.15) is 52.4 Å². The molecular formula is C12H25NO. The summed E-state index contributed by atoms with van der Waals surface area (Å²) in [7, 11) is 0. The largest absolute Gasteiger partial charge is 0.393 e. The summed E-state index contributed by atoms with van der Waals surface area (Å²) in [5, 5.41) is 9.18. The van der Waals surface area contributed by atoms with Gasteiger partial charge < -0.3 is 10.0 Å². The minimum atomic E-state index is -0.128. The third-order valence-corrected chi connectivity index (χ3v) is 3.31. The Hall–Kier alpha value is -0.0800. The molecule has 0 aromatic carbocycles. The van der Waals surface area contributed by atoms with Crippen molar-refractivity contribution in [1.82, 2.24) is 4.90 Å². The number of hydrogen-bond donors (Lipinski definition) is 1. The third kappa shape index (κ3) is 3.97. The molecule has 1 aliphatic rings. The van der Waals surface area contributed by atoms with E-state index in [-0.39, 0.29) is 6.10 Å². The predicted molar refractivity (Wildman–Crippen MR) is 60.4 cm³/mol. The molecule has 84 valence electrons. The monoisotopic (exact) mass is 199 g/mol. The van der Waals surface area contributed by atoms with Gasteiger partial charge in [-0.2, -0.15) is 0 Å². The number of aliphatic hydroxyl groups is 1. The molecule has 0 aromatic heterocycles. The summed E-state index contributed by atoms with van der Waals surface area (Å²) >= 11 is 0. The predicted octanol–water partition coefficient (Wildman–Crippen LogP) is 2.41. The van der Waals surface area contributed by atoms with E-state index in [2.05, 4.69) is 11.8 Å². The van der Waals surface area contributed by atoms with Gasteiger partial charge in [0.05, 0.1) is 6.10 Å². The minimum absolute atomic E-state index is 0.128. The average Bonchev–Trinajstić information content (AvgIpc) is 2.64. The Labute approximate surface area is 88.3 Å². The second kappa shape index (κ2) is 6.41. The van der Waals surface area contributed by atoms with Crippen molar-refractivity contribution in [3.05, 3.63) is 0 Å². The minimum Gasteiger partial charge on any atom is -0.393 e. The third-order valence-electron chi connectivity index (χ3n) is 3.31. The van der Waals surface area contributed by atoms with E-state index in [0.29, 0.717) is 0 Å². The van der Waals surface area contributed by atoms with Gasteiger partial charge in [0.1, 0.15) is 0 Å². The zero-order valence-electron chi connectivity index (χ0n) is 9.71. The fourth-order valence-corrected chi connectivity index (χ4v) is 2.46. The van der Waals surface area contributed by atoms with Crippen LogP contribution < -0.4 is 0 Å². The molecule has 0 aliphatic heterocycles. The Morgan fingerprint density at radius 3 is 2.50 bits per heavy atom. The van der Waals surface area contributed by atoms with Crippen molar-refractivity contribution in [3.8, 4) is 0 Å². The maximum absolute atomic E-state index is 9.18. The molecule has 0 radical (unpaired) electrons. The first-order valence-electron chi connectivity index (χ1n) is 6.16. The topological polar surface area (TPSA) is 23.5 Å². The van der Waals surface area contributed by atoms with Crippen molar-refractivity contribution in [2.24, 2.45) is 0 Å². The molecule has 1 N–H and O–H groups in total. The summed E-state index contributed by atoms with van der Waals surface area (Å²) < 4.78 is 0. The maximum Gasteiger partial charge on any atom is 0.0512 e. The van der Waals surface area contributed by atoms with Gasteiger partial charge in [0.15, 0.2) is 0 Å². The first-order valence-corrected chi connectivity index (χ1v) is 6.16. The second-order valence-corrected chi connectivity index (χ2v) is 4.56. The highest BCUT2D eigenvalue weighted by molar-refractivity contribution is 4.76. The van der Waals surface area contributed by atoms with Gasteiger partial charge in [-0.3, -0.25) is 0 Å². The van der Waals surface area contributed by atoms with E-state index in [4.69, 9.17) is 0 Å². The van der Waals surface area contributed by atoms with Crippen molar-refractivity contribution < 1.29 is 5.11 Å². The molecule has 1 aliphatic carbocycles. The van der Waals surface area contributed by atoms with Crippen LogP contribution in [0.2, 0.25) is 0 Å².